The van der Waals surface area contributed by atoms with E-state index in [1.165, 1.54) is 17.4 Å². The number of hydrogen-bond acceptors (Lipinski definition) is 6. The number of thiophene rings is 1. The monoisotopic (exact) mass is 253 g/mol. The molecule has 2 rings (SSSR count). The fraction of sp³-hybridized carbons (Fsp3) is 0. The van der Waals surface area contributed by atoms with Crippen LogP contribution in [0.15, 0.2) is 34.1 Å². The van der Waals surface area contributed by atoms with Crippen LogP contribution in [-0.4, -0.2) is 17.5 Å². The number of hydrogen-bond donors (Lipinski definition) is 0. The van der Waals surface area contributed by atoms with Crippen molar-refractivity contribution in [1.82, 2.24) is 0 Å². The standard InChI is InChI=1S/C5H3NO4.C5H4OS/c7-3-4-1-2-5(10-4)6(8)9;6-4-5-2-1-3-7-5/h1-3H;1-4H. The Morgan fingerprint density at radius 1 is 1.24 bits per heavy atom. The van der Waals surface area contributed by atoms with Crippen LogP contribution in [-0.2, 0) is 0 Å². The minimum absolute atomic E-state index is 0.0355. The van der Waals surface area contributed by atoms with E-state index in [1.807, 2.05) is 11.4 Å². The van der Waals surface area contributed by atoms with Crippen molar-refractivity contribution in [2.24, 2.45) is 0 Å². The van der Waals surface area contributed by atoms with E-state index >= 15 is 0 Å². The van der Waals surface area contributed by atoms with Crippen molar-refractivity contribution in [1.29, 1.82) is 0 Å². The number of carbonyl (C=O) groups is 2. The predicted octanol–water partition coefficient (Wildman–Crippen LogP) is 2.56. The summed E-state index contributed by atoms with van der Waals surface area (Å²) in [5.41, 5.74) is 0. The highest BCUT2D eigenvalue weighted by Gasteiger charge is 2.10. The van der Waals surface area contributed by atoms with Gasteiger partial charge in [0.2, 0.25) is 0 Å². The van der Waals surface area contributed by atoms with Crippen LogP contribution in [0.5, 0.6) is 0 Å². The molecule has 0 spiro atoms. The lowest BCUT2D eigenvalue weighted by atomic mass is 10.5. The Balaban J connectivity index is 0.000000181. The molecule has 0 radical (unpaired) electrons. The molecule has 2 aromatic heterocycles. The van der Waals surface area contributed by atoms with Gasteiger partial charge in [0, 0.05) is 0 Å². The van der Waals surface area contributed by atoms with Gasteiger partial charge < -0.3 is 4.42 Å². The number of nitro groups is 1. The van der Waals surface area contributed by atoms with Gasteiger partial charge in [-0.25, -0.2) is 0 Å². The van der Waals surface area contributed by atoms with Gasteiger partial charge in [-0.05, 0) is 17.5 Å². The first-order chi connectivity index (χ1) is 8.17. The zero-order valence-corrected chi connectivity index (χ0v) is 9.25. The molecule has 0 aliphatic rings. The quantitative estimate of drug-likeness (QED) is 0.476. The lowest BCUT2D eigenvalue weighted by Gasteiger charge is -1.79. The normalized spacial score (nSPS) is 8.94. The Bertz CT molecular complexity index is 503. The Kier molecular flexibility index (Phi) is 4.77. The average Bonchev–Trinajstić information content (AvgIpc) is 3.01. The van der Waals surface area contributed by atoms with E-state index in [4.69, 9.17) is 0 Å². The van der Waals surface area contributed by atoms with Crippen molar-refractivity contribution in [2.45, 2.75) is 0 Å². The molecule has 2 heterocycles. The summed E-state index contributed by atoms with van der Waals surface area (Å²) in [6.07, 6.45) is 1.26. The average molecular weight is 253 g/mol. The lowest BCUT2D eigenvalue weighted by molar-refractivity contribution is -0.402. The Labute approximate surface area is 99.6 Å². The Morgan fingerprint density at radius 3 is 2.29 bits per heavy atom. The number of rotatable bonds is 3. The van der Waals surface area contributed by atoms with Gasteiger partial charge in [0.15, 0.2) is 18.3 Å². The molecule has 17 heavy (non-hydrogen) atoms. The van der Waals surface area contributed by atoms with Crippen LogP contribution in [0.3, 0.4) is 0 Å². The topological polar surface area (TPSA) is 90.4 Å². The molecule has 0 aliphatic heterocycles. The summed E-state index contributed by atoms with van der Waals surface area (Å²) in [5, 5.41) is 11.8. The highest BCUT2D eigenvalue weighted by atomic mass is 32.1. The number of carbonyl (C=O) groups excluding carboxylic acids is 2. The second kappa shape index (κ2) is 6.33. The van der Waals surface area contributed by atoms with E-state index in [9.17, 15) is 19.7 Å². The maximum absolute atomic E-state index is 9.93. The van der Waals surface area contributed by atoms with Crippen LogP contribution in [0, 0.1) is 10.1 Å². The third kappa shape index (κ3) is 3.99. The molecular weight excluding hydrogens is 246 g/mol. The molecule has 0 amide bonds. The number of furan rings is 1. The molecule has 2 aromatic rings. The molecule has 0 saturated heterocycles. The summed E-state index contributed by atoms with van der Waals surface area (Å²) in [4.78, 5) is 29.8. The van der Waals surface area contributed by atoms with Crippen LogP contribution < -0.4 is 0 Å². The van der Waals surface area contributed by atoms with Crippen LogP contribution in [0.25, 0.3) is 0 Å². The lowest BCUT2D eigenvalue weighted by Crippen LogP contribution is -1.82. The second-order valence-corrected chi connectivity index (χ2v) is 3.66. The van der Waals surface area contributed by atoms with Crippen molar-refractivity contribution >= 4 is 29.8 Å². The van der Waals surface area contributed by atoms with Gasteiger partial charge in [-0.3, -0.25) is 19.7 Å². The summed E-state index contributed by atoms with van der Waals surface area (Å²) in [6.45, 7) is 0. The molecule has 0 fully saturated rings. The van der Waals surface area contributed by atoms with Gasteiger partial charge in [-0.15, -0.1) is 11.3 Å². The summed E-state index contributed by atoms with van der Waals surface area (Å²) in [5.74, 6) is -0.450. The zero-order chi connectivity index (χ0) is 12.7. The van der Waals surface area contributed by atoms with Crippen molar-refractivity contribution in [3.8, 4) is 0 Å². The van der Waals surface area contributed by atoms with Gasteiger partial charge in [0.05, 0.1) is 10.9 Å². The van der Waals surface area contributed by atoms with E-state index in [-0.39, 0.29) is 5.76 Å². The molecule has 7 heteroatoms. The molecule has 0 aromatic carbocycles. The predicted molar refractivity (Wildman–Crippen MR) is 60.5 cm³/mol. The zero-order valence-electron chi connectivity index (χ0n) is 8.44. The first-order valence-corrected chi connectivity index (χ1v) is 5.23. The molecule has 0 saturated carbocycles. The summed E-state index contributed by atoms with van der Waals surface area (Å²) >= 11 is 1.45. The van der Waals surface area contributed by atoms with E-state index in [1.54, 1.807) is 6.07 Å². The van der Waals surface area contributed by atoms with Crippen LogP contribution in [0.2, 0.25) is 0 Å². The summed E-state index contributed by atoms with van der Waals surface area (Å²) in [7, 11) is 0. The smallest absolute Gasteiger partial charge is 0.398 e. The van der Waals surface area contributed by atoms with E-state index in [0.717, 1.165) is 17.2 Å². The van der Waals surface area contributed by atoms with Gasteiger partial charge in [-0.1, -0.05) is 6.07 Å². The molecule has 0 N–H and O–H groups in total. The maximum Gasteiger partial charge on any atom is 0.433 e. The van der Waals surface area contributed by atoms with Crippen molar-refractivity contribution < 1.29 is 18.9 Å². The molecule has 0 unspecified atom stereocenters. The van der Waals surface area contributed by atoms with Crippen LogP contribution in [0.1, 0.15) is 20.2 Å². The third-order valence-electron chi connectivity index (χ3n) is 1.57. The highest BCUT2D eigenvalue weighted by molar-refractivity contribution is 7.11. The van der Waals surface area contributed by atoms with Gasteiger partial charge >= 0.3 is 5.88 Å². The van der Waals surface area contributed by atoms with E-state index < -0.39 is 10.8 Å². The van der Waals surface area contributed by atoms with Gasteiger partial charge in [-0.2, -0.15) is 0 Å². The first kappa shape index (κ1) is 12.8. The number of aldehydes is 2. The Hall–Kier alpha value is -2.28. The summed E-state index contributed by atoms with van der Waals surface area (Å²) in [6, 6.07) is 6.01. The molecule has 6 nitrogen and oxygen atoms in total. The van der Waals surface area contributed by atoms with Crippen molar-refractivity contribution in [3.05, 3.63) is 50.4 Å². The van der Waals surface area contributed by atoms with Crippen molar-refractivity contribution in [2.75, 3.05) is 0 Å². The van der Waals surface area contributed by atoms with E-state index in [0.29, 0.717) is 6.29 Å². The molecule has 0 atom stereocenters. The first-order valence-electron chi connectivity index (χ1n) is 4.35. The minimum Gasteiger partial charge on any atom is -0.398 e. The molecule has 0 aliphatic carbocycles. The van der Waals surface area contributed by atoms with Crippen LogP contribution in [0.4, 0.5) is 5.88 Å². The van der Waals surface area contributed by atoms with Crippen molar-refractivity contribution in [3.63, 3.8) is 0 Å². The largest absolute Gasteiger partial charge is 0.433 e. The van der Waals surface area contributed by atoms with Crippen LogP contribution >= 0.6 is 11.3 Å². The van der Waals surface area contributed by atoms with Gasteiger partial charge in [0.25, 0.3) is 0 Å². The maximum atomic E-state index is 9.93. The third-order valence-corrected chi connectivity index (χ3v) is 2.37. The minimum atomic E-state index is -0.701. The second-order valence-electron chi connectivity index (χ2n) is 2.68. The molecular formula is C10H7NO5S. The van der Waals surface area contributed by atoms with Gasteiger partial charge in [0.1, 0.15) is 4.92 Å². The Morgan fingerprint density at radius 2 is 2.00 bits per heavy atom. The molecule has 0 bridgehead atoms. The fourth-order valence-corrected chi connectivity index (χ4v) is 1.39. The number of nitrogens with zero attached hydrogens (tertiary/aromatic N) is 1. The molecule has 88 valence electrons. The SMILES string of the molecule is O=Cc1ccc([N+](=O)[O-])o1.O=Cc1cccs1. The highest BCUT2D eigenvalue weighted by Crippen LogP contribution is 2.13. The summed E-state index contributed by atoms with van der Waals surface area (Å²) < 4.78 is 4.43. The fourth-order valence-electron chi connectivity index (χ4n) is 0.862. The van der Waals surface area contributed by atoms with E-state index in [2.05, 4.69) is 4.42 Å².